The molecule has 10 nitrogen and oxygen atoms in total. The molecule has 2 fully saturated rings. The summed E-state index contributed by atoms with van der Waals surface area (Å²) < 4.78 is 11.8. The Bertz CT molecular complexity index is 749. The number of nitrogens with one attached hydrogen (secondary N) is 1. The van der Waals surface area contributed by atoms with Crippen molar-refractivity contribution in [3.05, 3.63) is 10.4 Å². The van der Waals surface area contributed by atoms with Crippen LogP contribution in [0.5, 0.6) is 0 Å². The molecule has 0 aromatic rings. The third kappa shape index (κ3) is 9.91. The van der Waals surface area contributed by atoms with Crippen LogP contribution in [0.2, 0.25) is 0 Å². The predicted molar refractivity (Wildman–Crippen MR) is 143 cm³/mol. The third-order valence-electron chi connectivity index (χ3n) is 7.28. The first-order valence-corrected chi connectivity index (χ1v) is 14.5. The normalized spacial score (nSPS) is 27.8. The standard InChI is InChI=1S/C26H46ClN5O5/c1-3-4-5-6-7-8-9-10-11-12-13-14-15-16-17-36-24-26(2,27)23(34)29-25(35)32(24)22-18-20(30-31-28)21(19-33)37-22/h20-22,24,33H,3-19H2,1-2H3,(H,29,34,35)/t20-,21+,22+,24+,26-/m0/s1. The van der Waals surface area contributed by atoms with E-state index in [9.17, 15) is 14.7 Å². The summed E-state index contributed by atoms with van der Waals surface area (Å²) in [5, 5.41) is 15.5. The zero-order valence-corrected chi connectivity index (χ0v) is 23.3. The minimum atomic E-state index is -1.52. The van der Waals surface area contributed by atoms with Gasteiger partial charge in [-0.15, -0.1) is 11.6 Å². The molecule has 2 N–H and O–H groups in total. The van der Waals surface area contributed by atoms with Gasteiger partial charge in [0.25, 0.3) is 5.91 Å². The highest BCUT2D eigenvalue weighted by Gasteiger charge is 2.54. The number of ether oxygens (including phenoxy) is 2. The van der Waals surface area contributed by atoms with Crippen LogP contribution in [0.4, 0.5) is 4.79 Å². The summed E-state index contributed by atoms with van der Waals surface area (Å²) in [4.78, 5) is 27.7. The molecule has 0 aromatic carbocycles. The Labute approximate surface area is 226 Å². The Morgan fingerprint density at radius 3 is 2.14 bits per heavy atom. The molecule has 0 spiro atoms. The van der Waals surface area contributed by atoms with E-state index >= 15 is 0 Å². The molecule has 2 saturated heterocycles. The molecule has 0 saturated carbocycles. The number of carbonyl (C=O) groups is 2. The van der Waals surface area contributed by atoms with E-state index in [0.29, 0.717) is 6.61 Å². The van der Waals surface area contributed by atoms with Crippen molar-refractivity contribution in [2.45, 2.75) is 140 Å². The van der Waals surface area contributed by atoms with Gasteiger partial charge in [-0.3, -0.25) is 15.0 Å². The van der Waals surface area contributed by atoms with Gasteiger partial charge < -0.3 is 14.6 Å². The molecule has 0 bridgehead atoms. The fourth-order valence-electron chi connectivity index (χ4n) is 5.01. The van der Waals surface area contributed by atoms with Crippen LogP contribution < -0.4 is 5.32 Å². The number of aliphatic hydroxyl groups is 1. The highest BCUT2D eigenvalue weighted by molar-refractivity contribution is 6.36. The maximum atomic E-state index is 12.7. The maximum absolute atomic E-state index is 12.7. The molecule has 2 heterocycles. The SMILES string of the molecule is CCCCCCCCCCCCCCCCO[C@H]1N([C@H]2C[C@H](N=[N+]=[N-])[C@@H](CO)O2)C(=O)NC(=O)[C@]1(C)Cl. The number of aliphatic hydroxyl groups excluding tert-OH is 1. The van der Waals surface area contributed by atoms with Crippen LogP contribution in [0.3, 0.4) is 0 Å². The summed E-state index contributed by atoms with van der Waals surface area (Å²) in [5.41, 5.74) is 8.80. The lowest BCUT2D eigenvalue weighted by Gasteiger charge is -2.45. The highest BCUT2D eigenvalue weighted by Crippen LogP contribution is 2.35. The second-order valence-electron chi connectivity index (χ2n) is 10.4. The Kier molecular flexibility index (Phi) is 14.6. The number of alkyl halides is 1. The van der Waals surface area contributed by atoms with Crippen LogP contribution in [0.25, 0.3) is 10.4 Å². The van der Waals surface area contributed by atoms with Crippen LogP contribution in [0.15, 0.2) is 5.11 Å². The van der Waals surface area contributed by atoms with Crippen LogP contribution in [-0.4, -0.2) is 64.6 Å². The summed E-state index contributed by atoms with van der Waals surface area (Å²) in [5.74, 6) is -0.635. The number of hydrogen-bond acceptors (Lipinski definition) is 6. The van der Waals surface area contributed by atoms with Gasteiger partial charge in [0, 0.05) is 17.9 Å². The van der Waals surface area contributed by atoms with Crippen molar-refractivity contribution in [3.63, 3.8) is 0 Å². The van der Waals surface area contributed by atoms with Crippen molar-refractivity contribution < 1.29 is 24.2 Å². The van der Waals surface area contributed by atoms with E-state index in [1.807, 2.05) is 0 Å². The van der Waals surface area contributed by atoms with Crippen molar-refractivity contribution in [3.8, 4) is 0 Å². The van der Waals surface area contributed by atoms with E-state index in [2.05, 4.69) is 22.3 Å². The maximum Gasteiger partial charge on any atom is 0.328 e. The van der Waals surface area contributed by atoms with Crippen molar-refractivity contribution in [2.75, 3.05) is 13.2 Å². The van der Waals surface area contributed by atoms with Crippen molar-refractivity contribution >= 4 is 23.5 Å². The molecule has 0 radical (unpaired) electrons. The first-order valence-electron chi connectivity index (χ1n) is 14.1. The number of nitrogens with zero attached hydrogens (tertiary/aromatic N) is 4. The monoisotopic (exact) mass is 543 g/mol. The van der Waals surface area contributed by atoms with Gasteiger partial charge in [-0.05, 0) is 18.9 Å². The average Bonchev–Trinajstić information content (AvgIpc) is 3.27. The Morgan fingerprint density at radius 2 is 1.62 bits per heavy atom. The quantitative estimate of drug-likeness (QED) is 0.0662. The summed E-state index contributed by atoms with van der Waals surface area (Å²) in [6.07, 6.45) is 15.0. The van der Waals surface area contributed by atoms with Gasteiger partial charge in [0.05, 0.1) is 18.8 Å². The first-order chi connectivity index (χ1) is 17.9. The van der Waals surface area contributed by atoms with Crippen molar-refractivity contribution in [1.29, 1.82) is 0 Å². The molecule has 11 heteroatoms. The van der Waals surface area contributed by atoms with E-state index in [0.717, 1.165) is 19.3 Å². The van der Waals surface area contributed by atoms with Crippen LogP contribution in [0.1, 0.15) is 110 Å². The summed E-state index contributed by atoms with van der Waals surface area (Å²) >= 11 is 6.54. The fourth-order valence-corrected chi connectivity index (χ4v) is 5.23. The van der Waals surface area contributed by atoms with Crippen LogP contribution in [-0.2, 0) is 14.3 Å². The number of azide groups is 1. The number of imide groups is 1. The van der Waals surface area contributed by atoms with E-state index in [1.165, 1.54) is 82.5 Å². The van der Waals surface area contributed by atoms with E-state index < -0.39 is 41.4 Å². The lowest BCUT2D eigenvalue weighted by Crippen LogP contribution is -2.69. The van der Waals surface area contributed by atoms with Gasteiger partial charge in [-0.2, -0.15) is 0 Å². The summed E-state index contributed by atoms with van der Waals surface area (Å²) in [6.45, 7) is 3.73. The number of carbonyl (C=O) groups excluding carboxylic acids is 2. The van der Waals surface area contributed by atoms with E-state index in [-0.39, 0.29) is 13.0 Å². The molecule has 2 aliphatic heterocycles. The van der Waals surface area contributed by atoms with Gasteiger partial charge in [0.1, 0.15) is 6.23 Å². The molecule has 0 unspecified atom stereocenters. The number of unbranched alkanes of at least 4 members (excludes halogenated alkanes) is 13. The van der Waals surface area contributed by atoms with Gasteiger partial charge >= 0.3 is 6.03 Å². The number of urea groups is 1. The van der Waals surface area contributed by atoms with Crippen LogP contribution >= 0.6 is 11.6 Å². The summed E-state index contributed by atoms with van der Waals surface area (Å²) in [7, 11) is 0. The molecule has 5 atom stereocenters. The lowest BCUT2D eigenvalue weighted by molar-refractivity contribution is -0.161. The van der Waals surface area contributed by atoms with Crippen molar-refractivity contribution in [2.24, 2.45) is 5.11 Å². The second kappa shape index (κ2) is 17.1. The largest absolute Gasteiger partial charge is 0.394 e. The van der Waals surface area contributed by atoms with E-state index in [4.69, 9.17) is 26.6 Å². The fraction of sp³-hybridized carbons (Fsp3) is 0.923. The number of hydrogen-bond donors (Lipinski definition) is 2. The Hall–Kier alpha value is -1.58. The topological polar surface area (TPSA) is 137 Å². The Balaban J connectivity index is 1.71. The molecular formula is C26H46ClN5O5. The number of rotatable bonds is 19. The van der Waals surface area contributed by atoms with Gasteiger partial charge in [-0.25, -0.2) is 4.79 Å². The van der Waals surface area contributed by atoms with Crippen molar-refractivity contribution in [1.82, 2.24) is 10.2 Å². The molecule has 2 rings (SSSR count). The van der Waals surface area contributed by atoms with Gasteiger partial charge in [-0.1, -0.05) is 95.5 Å². The Morgan fingerprint density at radius 1 is 1.08 bits per heavy atom. The van der Waals surface area contributed by atoms with Crippen LogP contribution in [0, 0.1) is 0 Å². The predicted octanol–water partition coefficient (Wildman–Crippen LogP) is 6.15. The molecular weight excluding hydrogens is 498 g/mol. The zero-order chi connectivity index (χ0) is 27.1. The smallest absolute Gasteiger partial charge is 0.328 e. The lowest BCUT2D eigenvalue weighted by atomic mass is 10.0. The summed E-state index contributed by atoms with van der Waals surface area (Å²) in [6, 6.07) is -1.32. The molecule has 0 aromatic heterocycles. The molecule has 37 heavy (non-hydrogen) atoms. The first kappa shape index (κ1) is 31.6. The number of amides is 3. The number of halogens is 1. The zero-order valence-electron chi connectivity index (χ0n) is 22.6. The molecule has 212 valence electrons. The van der Waals surface area contributed by atoms with Gasteiger partial charge in [0.2, 0.25) is 0 Å². The highest BCUT2D eigenvalue weighted by atomic mass is 35.5. The molecule has 0 aliphatic carbocycles. The van der Waals surface area contributed by atoms with Gasteiger partial charge in [0.15, 0.2) is 11.1 Å². The molecule has 2 aliphatic rings. The minimum Gasteiger partial charge on any atom is -0.394 e. The second-order valence-corrected chi connectivity index (χ2v) is 11.2. The van der Waals surface area contributed by atoms with E-state index in [1.54, 1.807) is 0 Å². The average molecular weight is 544 g/mol. The minimum absolute atomic E-state index is 0.169. The molecule has 3 amide bonds. The third-order valence-corrected chi connectivity index (χ3v) is 7.64.